The van der Waals surface area contributed by atoms with Crippen molar-refractivity contribution in [3.63, 3.8) is 0 Å². The SMILES string of the molecule is Cn1c(-c2ccccc2)c(C(=O)NC[C@@H](c2cccs2)N2CCOCC2)c2ccccc21. The molecule has 1 amide bonds. The standard InChI is InChI=1S/C26H27N3O2S/c1-28-21-11-6-5-10-20(21)24(25(28)19-8-3-2-4-9-19)26(30)27-18-22(23-12-7-17-32-23)29-13-15-31-16-14-29/h2-12,17,22H,13-16,18H2,1H3,(H,27,30)/t22-/m0/s1. The minimum atomic E-state index is -0.0320. The maximum atomic E-state index is 13.7. The van der Waals surface area contributed by atoms with Crippen LogP contribution in [0.5, 0.6) is 0 Å². The number of amides is 1. The van der Waals surface area contributed by atoms with Crippen LogP contribution in [0.3, 0.4) is 0 Å². The largest absolute Gasteiger partial charge is 0.379 e. The Kier molecular flexibility index (Phi) is 6.08. The molecule has 164 valence electrons. The zero-order valence-electron chi connectivity index (χ0n) is 18.2. The van der Waals surface area contributed by atoms with E-state index in [1.807, 2.05) is 43.4 Å². The summed E-state index contributed by atoms with van der Waals surface area (Å²) in [7, 11) is 2.03. The summed E-state index contributed by atoms with van der Waals surface area (Å²) in [6.07, 6.45) is 0. The number of carbonyl (C=O) groups excluding carboxylic acids is 1. The minimum Gasteiger partial charge on any atom is -0.379 e. The molecule has 1 atom stereocenters. The van der Waals surface area contributed by atoms with Crippen LogP contribution in [-0.4, -0.2) is 48.2 Å². The Morgan fingerprint density at radius 2 is 1.78 bits per heavy atom. The van der Waals surface area contributed by atoms with Crippen LogP contribution in [-0.2, 0) is 11.8 Å². The number of rotatable bonds is 6. The highest BCUT2D eigenvalue weighted by Gasteiger charge is 2.26. The predicted molar refractivity (Wildman–Crippen MR) is 130 cm³/mol. The molecule has 0 radical (unpaired) electrons. The van der Waals surface area contributed by atoms with Gasteiger partial charge in [-0.1, -0.05) is 54.6 Å². The summed E-state index contributed by atoms with van der Waals surface area (Å²) in [6, 6.07) is 22.7. The molecule has 1 saturated heterocycles. The average Bonchev–Trinajstić information content (AvgIpc) is 3.47. The van der Waals surface area contributed by atoms with Gasteiger partial charge in [0, 0.05) is 42.5 Å². The lowest BCUT2D eigenvalue weighted by Gasteiger charge is -2.34. The smallest absolute Gasteiger partial charge is 0.254 e. The van der Waals surface area contributed by atoms with Crippen molar-refractivity contribution in [1.82, 2.24) is 14.8 Å². The van der Waals surface area contributed by atoms with Gasteiger partial charge in [-0.3, -0.25) is 9.69 Å². The number of aryl methyl sites for hydroxylation is 1. The van der Waals surface area contributed by atoms with Crippen molar-refractivity contribution in [2.75, 3.05) is 32.8 Å². The van der Waals surface area contributed by atoms with Gasteiger partial charge in [0.15, 0.2) is 0 Å². The lowest BCUT2D eigenvalue weighted by molar-refractivity contribution is 0.0169. The molecule has 1 N–H and O–H groups in total. The van der Waals surface area contributed by atoms with Crippen LogP contribution in [0.2, 0.25) is 0 Å². The third kappa shape index (κ3) is 3.97. The molecule has 0 saturated carbocycles. The van der Waals surface area contributed by atoms with Crippen molar-refractivity contribution in [3.05, 3.63) is 82.6 Å². The van der Waals surface area contributed by atoms with Crippen LogP contribution in [0.1, 0.15) is 21.3 Å². The van der Waals surface area contributed by atoms with Crippen molar-refractivity contribution in [2.24, 2.45) is 7.05 Å². The molecule has 0 spiro atoms. The molecule has 0 unspecified atom stereocenters. The summed E-state index contributed by atoms with van der Waals surface area (Å²) >= 11 is 1.74. The molecule has 4 aromatic rings. The first-order valence-corrected chi connectivity index (χ1v) is 11.9. The van der Waals surface area contributed by atoms with Crippen molar-refractivity contribution in [3.8, 4) is 11.3 Å². The van der Waals surface area contributed by atoms with E-state index in [1.165, 1.54) is 4.88 Å². The van der Waals surface area contributed by atoms with E-state index in [2.05, 4.69) is 50.5 Å². The summed E-state index contributed by atoms with van der Waals surface area (Å²) in [5.74, 6) is -0.0320. The molecule has 1 fully saturated rings. The number of nitrogens with zero attached hydrogens (tertiary/aromatic N) is 2. The van der Waals surface area contributed by atoms with Gasteiger partial charge in [0.05, 0.1) is 30.5 Å². The van der Waals surface area contributed by atoms with E-state index in [-0.39, 0.29) is 11.9 Å². The monoisotopic (exact) mass is 445 g/mol. The normalized spacial score (nSPS) is 15.7. The number of aromatic nitrogens is 1. The molecule has 2 aromatic heterocycles. The molecule has 6 heteroatoms. The Morgan fingerprint density at radius 1 is 1.03 bits per heavy atom. The highest BCUT2D eigenvalue weighted by Crippen LogP contribution is 2.33. The zero-order chi connectivity index (χ0) is 21.9. The highest BCUT2D eigenvalue weighted by molar-refractivity contribution is 7.10. The maximum absolute atomic E-state index is 13.7. The maximum Gasteiger partial charge on any atom is 0.254 e. The first kappa shape index (κ1) is 20.9. The van der Waals surface area contributed by atoms with Gasteiger partial charge in [0.2, 0.25) is 0 Å². The van der Waals surface area contributed by atoms with Gasteiger partial charge in [-0.15, -0.1) is 11.3 Å². The van der Waals surface area contributed by atoms with E-state index >= 15 is 0 Å². The quantitative estimate of drug-likeness (QED) is 0.468. The number of benzene rings is 2. The minimum absolute atomic E-state index is 0.0320. The number of fused-ring (bicyclic) bond motifs is 1. The van der Waals surface area contributed by atoms with E-state index < -0.39 is 0 Å². The van der Waals surface area contributed by atoms with Gasteiger partial charge in [-0.25, -0.2) is 0 Å². The summed E-state index contributed by atoms with van der Waals surface area (Å²) in [4.78, 5) is 17.3. The Morgan fingerprint density at radius 3 is 2.53 bits per heavy atom. The fourth-order valence-corrected chi connectivity index (χ4v) is 5.48. The van der Waals surface area contributed by atoms with E-state index in [4.69, 9.17) is 4.74 Å². The van der Waals surface area contributed by atoms with E-state index in [1.54, 1.807) is 11.3 Å². The molecule has 3 heterocycles. The molecule has 1 aliphatic heterocycles. The van der Waals surface area contributed by atoms with Gasteiger partial charge in [-0.05, 0) is 23.1 Å². The number of ether oxygens (including phenoxy) is 1. The van der Waals surface area contributed by atoms with Gasteiger partial charge in [0.1, 0.15) is 0 Å². The fraction of sp³-hybridized carbons (Fsp3) is 0.269. The van der Waals surface area contributed by atoms with Gasteiger partial charge in [-0.2, -0.15) is 0 Å². The third-order valence-corrected chi connectivity index (χ3v) is 7.17. The summed E-state index contributed by atoms with van der Waals surface area (Å²) < 4.78 is 7.67. The summed E-state index contributed by atoms with van der Waals surface area (Å²) in [5.41, 5.74) is 3.78. The second-order valence-electron chi connectivity index (χ2n) is 8.06. The van der Waals surface area contributed by atoms with Crippen LogP contribution in [0.4, 0.5) is 0 Å². The van der Waals surface area contributed by atoms with Gasteiger partial charge < -0.3 is 14.6 Å². The summed E-state index contributed by atoms with van der Waals surface area (Å²) in [6.45, 7) is 3.79. The summed E-state index contributed by atoms with van der Waals surface area (Å²) in [5, 5.41) is 6.35. The van der Waals surface area contributed by atoms with Crippen molar-refractivity contribution in [1.29, 1.82) is 0 Å². The fourth-order valence-electron chi connectivity index (χ4n) is 4.61. The van der Waals surface area contributed by atoms with Crippen LogP contribution < -0.4 is 5.32 Å². The second-order valence-corrected chi connectivity index (χ2v) is 9.03. The Hall–Kier alpha value is -2.93. The second kappa shape index (κ2) is 9.28. The lowest BCUT2D eigenvalue weighted by atomic mass is 10.0. The number of hydrogen-bond acceptors (Lipinski definition) is 4. The first-order chi connectivity index (χ1) is 15.7. The van der Waals surface area contributed by atoms with Crippen LogP contribution >= 0.6 is 11.3 Å². The lowest BCUT2D eigenvalue weighted by Crippen LogP contribution is -2.43. The number of para-hydroxylation sites is 1. The average molecular weight is 446 g/mol. The molecular formula is C26H27N3O2S. The first-order valence-electron chi connectivity index (χ1n) is 11.0. The molecule has 1 aliphatic rings. The number of hydrogen-bond donors (Lipinski definition) is 1. The number of nitrogens with one attached hydrogen (secondary N) is 1. The molecule has 32 heavy (non-hydrogen) atoms. The van der Waals surface area contributed by atoms with Crippen molar-refractivity contribution >= 4 is 28.1 Å². The van der Waals surface area contributed by atoms with E-state index in [0.717, 1.165) is 54.0 Å². The molecule has 0 aliphatic carbocycles. The topological polar surface area (TPSA) is 46.5 Å². The van der Waals surface area contributed by atoms with Crippen LogP contribution in [0, 0.1) is 0 Å². The third-order valence-electron chi connectivity index (χ3n) is 6.20. The molecule has 2 aromatic carbocycles. The predicted octanol–water partition coefficient (Wildman–Crippen LogP) is 4.71. The molecule has 5 nitrogen and oxygen atoms in total. The Bertz CT molecular complexity index is 1190. The molecule has 0 bridgehead atoms. The zero-order valence-corrected chi connectivity index (χ0v) is 19.0. The number of thiophene rings is 1. The van der Waals surface area contributed by atoms with E-state index in [0.29, 0.717) is 6.54 Å². The highest BCUT2D eigenvalue weighted by atomic mass is 32.1. The Balaban J connectivity index is 1.48. The van der Waals surface area contributed by atoms with Gasteiger partial charge >= 0.3 is 0 Å². The van der Waals surface area contributed by atoms with E-state index in [9.17, 15) is 4.79 Å². The number of morpholine rings is 1. The molecular weight excluding hydrogens is 418 g/mol. The Labute approximate surface area is 192 Å². The van der Waals surface area contributed by atoms with Crippen LogP contribution in [0.15, 0.2) is 72.1 Å². The van der Waals surface area contributed by atoms with Gasteiger partial charge in [0.25, 0.3) is 5.91 Å². The van der Waals surface area contributed by atoms with Crippen molar-refractivity contribution < 1.29 is 9.53 Å². The number of carbonyl (C=O) groups is 1. The molecule has 5 rings (SSSR count). The van der Waals surface area contributed by atoms with Crippen LogP contribution in [0.25, 0.3) is 22.2 Å². The van der Waals surface area contributed by atoms with Crippen molar-refractivity contribution in [2.45, 2.75) is 6.04 Å².